The summed E-state index contributed by atoms with van der Waals surface area (Å²) < 4.78 is 5.27. The third kappa shape index (κ3) is 10.2. The van der Waals surface area contributed by atoms with E-state index in [0.29, 0.717) is 0 Å². The second kappa shape index (κ2) is 11.2. The van der Waals surface area contributed by atoms with Gasteiger partial charge in [0.05, 0.1) is 0 Å². The van der Waals surface area contributed by atoms with Crippen LogP contribution < -0.4 is 0 Å². The molecule has 0 saturated heterocycles. The quantitative estimate of drug-likeness (QED) is 0.398. The predicted octanol–water partition coefficient (Wildman–Crippen LogP) is 2.15. The van der Waals surface area contributed by atoms with Crippen LogP contribution in [0.25, 0.3) is 0 Å². The molecule has 0 rings (SSSR count). The van der Waals surface area contributed by atoms with Gasteiger partial charge in [-0.15, -0.1) is 0 Å². The van der Waals surface area contributed by atoms with Crippen molar-refractivity contribution in [3.63, 3.8) is 0 Å². The largest absolute Gasteiger partial charge is 0.382 e. The van der Waals surface area contributed by atoms with Crippen molar-refractivity contribution in [1.82, 2.24) is 0 Å². The molecular formula is C10H24OSi. The van der Waals surface area contributed by atoms with Crippen LogP contribution in [0.2, 0.25) is 6.04 Å². The molecular weight excluding hydrogens is 164 g/mol. The Hall–Kier alpha value is 0.177. The van der Waals surface area contributed by atoms with E-state index in [4.69, 9.17) is 4.74 Å². The Morgan fingerprint density at radius 3 is 2.08 bits per heavy atom. The van der Waals surface area contributed by atoms with E-state index >= 15 is 0 Å². The summed E-state index contributed by atoms with van der Waals surface area (Å²) in [6.45, 7) is 3.91. The molecule has 0 aromatic rings. The molecule has 0 saturated carbocycles. The van der Waals surface area contributed by atoms with Crippen molar-refractivity contribution in [2.24, 2.45) is 0 Å². The standard InChI is InChI=1S/C10H24OSi/c1-2-11-9-7-5-3-4-6-8-10-12/h2-10H2,1,12H3. The van der Waals surface area contributed by atoms with Gasteiger partial charge in [-0.3, -0.25) is 0 Å². The van der Waals surface area contributed by atoms with E-state index in [2.05, 4.69) is 6.92 Å². The lowest BCUT2D eigenvalue weighted by Gasteiger charge is -2.01. The summed E-state index contributed by atoms with van der Waals surface area (Å²) in [6.07, 6.45) is 8.40. The van der Waals surface area contributed by atoms with Gasteiger partial charge < -0.3 is 4.74 Å². The first kappa shape index (κ1) is 12.2. The molecule has 0 heterocycles. The van der Waals surface area contributed by atoms with E-state index in [9.17, 15) is 0 Å². The molecule has 0 aliphatic carbocycles. The fraction of sp³-hybridized carbons (Fsp3) is 1.00. The molecule has 0 spiro atoms. The van der Waals surface area contributed by atoms with Gasteiger partial charge in [0.25, 0.3) is 0 Å². The van der Waals surface area contributed by atoms with E-state index in [0.717, 1.165) is 13.2 Å². The van der Waals surface area contributed by atoms with Gasteiger partial charge in [-0.2, -0.15) is 0 Å². The minimum atomic E-state index is 0.875. The maximum absolute atomic E-state index is 5.27. The van der Waals surface area contributed by atoms with Crippen molar-refractivity contribution < 1.29 is 4.74 Å². The summed E-state index contributed by atoms with van der Waals surface area (Å²) in [5, 5.41) is 0. The van der Waals surface area contributed by atoms with E-state index in [1.54, 1.807) is 0 Å². The molecule has 0 amide bonds. The van der Waals surface area contributed by atoms with Crippen LogP contribution in [0.4, 0.5) is 0 Å². The van der Waals surface area contributed by atoms with E-state index in [1.165, 1.54) is 54.8 Å². The molecule has 0 bridgehead atoms. The summed E-state index contributed by atoms with van der Waals surface area (Å²) in [5.41, 5.74) is 0. The number of rotatable bonds is 9. The Morgan fingerprint density at radius 2 is 1.50 bits per heavy atom. The maximum atomic E-state index is 5.27. The van der Waals surface area contributed by atoms with Crippen LogP contribution in [0.1, 0.15) is 45.4 Å². The first-order chi connectivity index (χ1) is 5.91. The van der Waals surface area contributed by atoms with Crippen LogP contribution in [0.5, 0.6) is 0 Å². The van der Waals surface area contributed by atoms with Crippen LogP contribution in [0.15, 0.2) is 0 Å². The predicted molar refractivity (Wildman–Crippen MR) is 58.9 cm³/mol. The van der Waals surface area contributed by atoms with Gasteiger partial charge >= 0.3 is 0 Å². The molecule has 0 atom stereocenters. The Bertz CT molecular complexity index is 66.2. The lowest BCUT2D eigenvalue weighted by atomic mass is 10.1. The van der Waals surface area contributed by atoms with Crippen LogP contribution in [-0.4, -0.2) is 23.5 Å². The zero-order valence-electron chi connectivity index (χ0n) is 8.77. The normalized spacial score (nSPS) is 10.8. The molecule has 0 aromatic carbocycles. The molecule has 0 aromatic heterocycles. The van der Waals surface area contributed by atoms with E-state index in [-0.39, 0.29) is 0 Å². The summed E-state index contributed by atoms with van der Waals surface area (Å²) in [4.78, 5) is 0. The maximum Gasteiger partial charge on any atom is 0.0465 e. The smallest absolute Gasteiger partial charge is 0.0465 e. The number of ether oxygens (including phenoxy) is 1. The summed E-state index contributed by atoms with van der Waals surface area (Å²) in [7, 11) is 1.39. The Labute approximate surface area is 80.3 Å². The Morgan fingerprint density at radius 1 is 0.917 bits per heavy atom. The minimum Gasteiger partial charge on any atom is -0.382 e. The monoisotopic (exact) mass is 188 g/mol. The van der Waals surface area contributed by atoms with Crippen LogP contribution in [-0.2, 0) is 4.74 Å². The molecule has 0 unspecified atom stereocenters. The minimum absolute atomic E-state index is 0.875. The van der Waals surface area contributed by atoms with Crippen molar-refractivity contribution in [3.05, 3.63) is 0 Å². The fourth-order valence-electron chi connectivity index (χ4n) is 1.31. The number of hydrogen-bond acceptors (Lipinski definition) is 1. The number of unbranched alkanes of at least 4 members (excludes halogenated alkanes) is 5. The van der Waals surface area contributed by atoms with Gasteiger partial charge in [0.1, 0.15) is 0 Å². The molecule has 0 N–H and O–H groups in total. The van der Waals surface area contributed by atoms with Gasteiger partial charge in [-0.1, -0.05) is 38.1 Å². The second-order valence-electron chi connectivity index (χ2n) is 3.32. The Kier molecular flexibility index (Phi) is 11.3. The van der Waals surface area contributed by atoms with Crippen molar-refractivity contribution in [3.8, 4) is 0 Å². The highest BCUT2D eigenvalue weighted by molar-refractivity contribution is 6.08. The first-order valence-electron chi connectivity index (χ1n) is 5.49. The van der Waals surface area contributed by atoms with Gasteiger partial charge in [0, 0.05) is 23.5 Å². The van der Waals surface area contributed by atoms with Crippen molar-refractivity contribution in [2.75, 3.05) is 13.2 Å². The van der Waals surface area contributed by atoms with Gasteiger partial charge in [0.15, 0.2) is 0 Å². The SMILES string of the molecule is CCOCCCCCCCC[SiH3]. The lowest BCUT2D eigenvalue weighted by Crippen LogP contribution is -1.92. The van der Waals surface area contributed by atoms with E-state index in [1.807, 2.05) is 0 Å². The van der Waals surface area contributed by atoms with Crippen molar-refractivity contribution >= 4 is 10.2 Å². The topological polar surface area (TPSA) is 9.23 Å². The summed E-state index contributed by atoms with van der Waals surface area (Å²) >= 11 is 0. The zero-order chi connectivity index (χ0) is 9.07. The van der Waals surface area contributed by atoms with Crippen LogP contribution in [0.3, 0.4) is 0 Å². The van der Waals surface area contributed by atoms with Crippen molar-refractivity contribution in [2.45, 2.75) is 51.5 Å². The highest BCUT2D eigenvalue weighted by atomic mass is 28.1. The molecule has 0 aliphatic heterocycles. The molecule has 0 radical (unpaired) electrons. The lowest BCUT2D eigenvalue weighted by molar-refractivity contribution is 0.143. The van der Waals surface area contributed by atoms with Crippen molar-refractivity contribution in [1.29, 1.82) is 0 Å². The summed E-state index contributed by atoms with van der Waals surface area (Å²) in [6, 6.07) is 1.49. The average Bonchev–Trinajstić information content (AvgIpc) is 2.10. The molecule has 74 valence electrons. The van der Waals surface area contributed by atoms with Gasteiger partial charge in [0.2, 0.25) is 0 Å². The fourth-order valence-corrected chi connectivity index (χ4v) is 1.81. The highest BCUT2D eigenvalue weighted by Crippen LogP contribution is 2.06. The third-order valence-corrected chi connectivity index (χ3v) is 2.80. The van der Waals surface area contributed by atoms with Gasteiger partial charge in [-0.05, 0) is 13.3 Å². The molecule has 1 nitrogen and oxygen atoms in total. The zero-order valence-corrected chi connectivity index (χ0v) is 10.8. The molecule has 0 aliphatic rings. The molecule has 0 fully saturated rings. The average molecular weight is 188 g/mol. The number of hydrogen-bond donors (Lipinski definition) is 0. The second-order valence-corrected chi connectivity index (χ2v) is 4.32. The van der Waals surface area contributed by atoms with Crippen LogP contribution in [0, 0.1) is 0 Å². The van der Waals surface area contributed by atoms with Crippen LogP contribution >= 0.6 is 0 Å². The third-order valence-electron chi connectivity index (χ3n) is 2.10. The van der Waals surface area contributed by atoms with Gasteiger partial charge in [-0.25, -0.2) is 0 Å². The van der Waals surface area contributed by atoms with E-state index < -0.39 is 0 Å². The molecule has 2 heteroatoms. The first-order valence-corrected chi connectivity index (χ1v) is 6.91. The molecule has 12 heavy (non-hydrogen) atoms. The Balaban J connectivity index is 2.73. The summed E-state index contributed by atoms with van der Waals surface area (Å²) in [5.74, 6) is 0. The highest BCUT2D eigenvalue weighted by Gasteiger charge is 1.89.